The molecule has 0 aliphatic rings. The van der Waals surface area contributed by atoms with E-state index in [0.29, 0.717) is 25.8 Å². The molecule has 8 nitrogen and oxygen atoms in total. The van der Waals surface area contributed by atoms with Gasteiger partial charge in [-0.25, -0.2) is 4.79 Å². The molecule has 0 saturated heterocycles. The summed E-state index contributed by atoms with van der Waals surface area (Å²) in [5, 5.41) is 19.2. The standard InChI is InChI=1S/C7H13NO3S.C5H12N2O2/c1-5(9)8-6(7(10)11)3-4-12-2;6-3-1-2-4(7)5(8)9/h6H,3-4H2,1-2H3,(H,8,9)(H,10,11);4H,1-3,6-7H2,(H,8,9)/t6-;4-/m00/s1. The third-order valence-corrected chi connectivity index (χ3v) is 2.97. The molecule has 0 aliphatic carbocycles. The highest BCUT2D eigenvalue weighted by atomic mass is 32.2. The highest BCUT2D eigenvalue weighted by Crippen LogP contribution is 2.00. The van der Waals surface area contributed by atoms with Crippen molar-refractivity contribution in [2.75, 3.05) is 18.6 Å². The fraction of sp³-hybridized carbons (Fsp3) is 0.750. The van der Waals surface area contributed by atoms with Crippen LogP contribution >= 0.6 is 11.8 Å². The molecule has 0 heterocycles. The van der Waals surface area contributed by atoms with Crippen molar-refractivity contribution in [1.82, 2.24) is 5.32 Å². The van der Waals surface area contributed by atoms with Gasteiger partial charge in [-0.05, 0) is 37.8 Å². The second-order valence-electron chi connectivity index (χ2n) is 4.25. The first-order valence-electron chi connectivity index (χ1n) is 6.43. The van der Waals surface area contributed by atoms with E-state index in [9.17, 15) is 14.4 Å². The average molecular weight is 323 g/mol. The minimum Gasteiger partial charge on any atom is -0.480 e. The van der Waals surface area contributed by atoms with E-state index in [1.54, 1.807) is 11.8 Å². The number of hydrogen-bond donors (Lipinski definition) is 5. The van der Waals surface area contributed by atoms with Gasteiger partial charge in [-0.2, -0.15) is 11.8 Å². The zero-order valence-electron chi connectivity index (χ0n) is 12.4. The predicted octanol–water partition coefficient (Wildman–Crippen LogP) is -0.534. The van der Waals surface area contributed by atoms with Crippen LogP contribution < -0.4 is 16.8 Å². The van der Waals surface area contributed by atoms with E-state index < -0.39 is 24.0 Å². The summed E-state index contributed by atoms with van der Waals surface area (Å²) in [6, 6.07) is -1.48. The molecule has 0 aromatic rings. The van der Waals surface area contributed by atoms with Crippen molar-refractivity contribution < 1.29 is 24.6 Å². The molecular weight excluding hydrogens is 298 g/mol. The summed E-state index contributed by atoms with van der Waals surface area (Å²) in [6.07, 6.45) is 3.50. The molecule has 9 heteroatoms. The van der Waals surface area contributed by atoms with Crippen LogP contribution in [-0.2, 0) is 14.4 Å². The van der Waals surface area contributed by atoms with Gasteiger partial charge in [0.2, 0.25) is 5.91 Å². The number of carbonyl (C=O) groups is 3. The molecular formula is C12H25N3O5S. The van der Waals surface area contributed by atoms with E-state index in [-0.39, 0.29) is 5.91 Å². The van der Waals surface area contributed by atoms with Crippen LogP contribution in [0.3, 0.4) is 0 Å². The fourth-order valence-electron chi connectivity index (χ4n) is 1.20. The molecule has 0 aromatic carbocycles. The lowest BCUT2D eigenvalue weighted by Crippen LogP contribution is -2.39. The van der Waals surface area contributed by atoms with Crippen LogP contribution in [0.2, 0.25) is 0 Å². The number of aliphatic carboxylic acids is 2. The van der Waals surface area contributed by atoms with Crippen LogP contribution in [0.4, 0.5) is 0 Å². The minimum atomic E-state index is -0.973. The molecule has 0 fully saturated rings. The molecule has 1 amide bonds. The summed E-state index contributed by atoms with van der Waals surface area (Å²) < 4.78 is 0. The van der Waals surface area contributed by atoms with Crippen LogP contribution in [0.5, 0.6) is 0 Å². The summed E-state index contributed by atoms with van der Waals surface area (Å²) in [6.45, 7) is 1.82. The maximum atomic E-state index is 10.5. The highest BCUT2D eigenvalue weighted by Gasteiger charge is 2.16. The molecule has 0 bridgehead atoms. The van der Waals surface area contributed by atoms with Crippen molar-refractivity contribution in [2.45, 2.75) is 38.3 Å². The van der Waals surface area contributed by atoms with Crippen molar-refractivity contribution >= 4 is 29.6 Å². The van der Waals surface area contributed by atoms with Gasteiger partial charge in [-0.15, -0.1) is 0 Å². The summed E-state index contributed by atoms with van der Waals surface area (Å²) in [5.74, 6) is -1.50. The molecule has 0 aliphatic heterocycles. The smallest absolute Gasteiger partial charge is 0.326 e. The number of carboxylic acids is 2. The third-order valence-electron chi connectivity index (χ3n) is 2.32. The number of nitrogens with two attached hydrogens (primary N) is 2. The Hall–Kier alpha value is -1.32. The van der Waals surface area contributed by atoms with Crippen LogP contribution in [0, 0.1) is 0 Å². The molecule has 0 saturated carbocycles. The normalized spacial score (nSPS) is 12.6. The Kier molecular flexibility index (Phi) is 14.3. The zero-order chi connectivity index (χ0) is 16.8. The maximum Gasteiger partial charge on any atom is 0.326 e. The van der Waals surface area contributed by atoms with Crippen molar-refractivity contribution in [1.29, 1.82) is 0 Å². The monoisotopic (exact) mass is 323 g/mol. The number of carbonyl (C=O) groups excluding carboxylic acids is 1. The molecule has 7 N–H and O–H groups in total. The Morgan fingerprint density at radius 2 is 1.76 bits per heavy atom. The first-order chi connectivity index (χ1) is 9.76. The van der Waals surface area contributed by atoms with Crippen LogP contribution in [-0.4, -0.2) is 58.7 Å². The molecule has 0 radical (unpaired) electrons. The Bertz CT molecular complexity index is 328. The molecule has 21 heavy (non-hydrogen) atoms. The summed E-state index contributed by atoms with van der Waals surface area (Å²) in [4.78, 5) is 31.1. The average Bonchev–Trinajstić information content (AvgIpc) is 2.40. The zero-order valence-corrected chi connectivity index (χ0v) is 13.2. The van der Waals surface area contributed by atoms with Gasteiger partial charge in [0.25, 0.3) is 0 Å². The van der Waals surface area contributed by atoms with E-state index in [1.165, 1.54) is 6.92 Å². The Morgan fingerprint density at radius 1 is 1.19 bits per heavy atom. The lowest BCUT2D eigenvalue weighted by molar-refractivity contribution is -0.141. The minimum absolute atomic E-state index is 0.302. The lowest BCUT2D eigenvalue weighted by Gasteiger charge is -2.11. The number of nitrogens with one attached hydrogen (secondary N) is 1. The van der Waals surface area contributed by atoms with E-state index in [2.05, 4.69) is 5.32 Å². The van der Waals surface area contributed by atoms with E-state index in [4.69, 9.17) is 21.7 Å². The largest absolute Gasteiger partial charge is 0.480 e. The first-order valence-corrected chi connectivity index (χ1v) is 7.82. The van der Waals surface area contributed by atoms with Crippen molar-refractivity contribution in [3.63, 3.8) is 0 Å². The van der Waals surface area contributed by atoms with Gasteiger partial charge in [-0.3, -0.25) is 9.59 Å². The molecule has 124 valence electrons. The van der Waals surface area contributed by atoms with Crippen LogP contribution in [0.25, 0.3) is 0 Å². The second-order valence-corrected chi connectivity index (χ2v) is 5.23. The van der Waals surface area contributed by atoms with E-state index in [0.717, 1.165) is 5.75 Å². The predicted molar refractivity (Wildman–Crippen MR) is 82.1 cm³/mol. The van der Waals surface area contributed by atoms with Gasteiger partial charge < -0.3 is 27.0 Å². The van der Waals surface area contributed by atoms with Crippen molar-refractivity contribution in [3.05, 3.63) is 0 Å². The van der Waals surface area contributed by atoms with Gasteiger partial charge in [0, 0.05) is 6.92 Å². The Morgan fingerprint density at radius 3 is 2.10 bits per heavy atom. The molecule has 0 rings (SSSR count). The number of thioether (sulfide) groups is 1. The number of rotatable bonds is 9. The second kappa shape index (κ2) is 13.7. The van der Waals surface area contributed by atoms with Crippen molar-refractivity contribution in [2.24, 2.45) is 11.5 Å². The van der Waals surface area contributed by atoms with Gasteiger partial charge in [0.15, 0.2) is 0 Å². The number of hydrogen-bond acceptors (Lipinski definition) is 6. The SMILES string of the molecule is CSCC[C@H](NC(C)=O)C(=O)O.NCCC[C@H](N)C(=O)O. The quantitative estimate of drug-likeness (QED) is 0.379. The lowest BCUT2D eigenvalue weighted by atomic mass is 10.2. The van der Waals surface area contributed by atoms with Crippen LogP contribution in [0.1, 0.15) is 26.2 Å². The summed E-state index contributed by atoms with van der Waals surface area (Å²) in [7, 11) is 0. The third kappa shape index (κ3) is 14.9. The van der Waals surface area contributed by atoms with Crippen LogP contribution in [0.15, 0.2) is 0 Å². The summed E-state index contributed by atoms with van der Waals surface area (Å²) in [5.41, 5.74) is 10.3. The molecule has 2 atom stereocenters. The summed E-state index contributed by atoms with van der Waals surface area (Å²) >= 11 is 1.56. The Labute approximate surface area is 128 Å². The highest BCUT2D eigenvalue weighted by molar-refractivity contribution is 7.98. The van der Waals surface area contributed by atoms with Gasteiger partial charge >= 0.3 is 11.9 Å². The number of amides is 1. The molecule has 0 spiro atoms. The molecule has 0 unspecified atom stereocenters. The number of carboxylic acid groups (broad SMARTS) is 2. The Balaban J connectivity index is 0. The maximum absolute atomic E-state index is 10.5. The molecule has 0 aromatic heterocycles. The van der Waals surface area contributed by atoms with Crippen molar-refractivity contribution in [3.8, 4) is 0 Å². The first kappa shape index (κ1) is 22.0. The topological polar surface area (TPSA) is 156 Å². The fourth-order valence-corrected chi connectivity index (χ4v) is 1.67. The van der Waals surface area contributed by atoms with Gasteiger partial charge in [0.05, 0.1) is 0 Å². The van der Waals surface area contributed by atoms with E-state index >= 15 is 0 Å². The van der Waals surface area contributed by atoms with Gasteiger partial charge in [-0.1, -0.05) is 0 Å². The van der Waals surface area contributed by atoms with E-state index in [1.807, 2.05) is 6.26 Å². The van der Waals surface area contributed by atoms with Gasteiger partial charge in [0.1, 0.15) is 12.1 Å².